The molecule has 1 aromatic rings. The van der Waals surface area contributed by atoms with Gasteiger partial charge in [-0.1, -0.05) is 65.1 Å². The Balaban J connectivity index is 2.37. The van der Waals surface area contributed by atoms with Crippen molar-refractivity contribution >= 4 is 64.7 Å². The van der Waals surface area contributed by atoms with Crippen LogP contribution < -0.4 is 27.4 Å². The summed E-state index contributed by atoms with van der Waals surface area (Å²) in [5, 5.41) is 8.00. The zero-order valence-corrected chi connectivity index (χ0v) is 26.2. The summed E-state index contributed by atoms with van der Waals surface area (Å²) in [5.41, 5.74) is 11.4. The first-order valence-electron chi connectivity index (χ1n) is 13.9. The van der Waals surface area contributed by atoms with Crippen LogP contribution in [0.25, 0.3) is 0 Å². The number of halogens is 3. The number of nitrogens with one attached hydrogen (secondary N) is 3. The summed E-state index contributed by atoms with van der Waals surface area (Å²) in [4.78, 5) is 60.8. The summed E-state index contributed by atoms with van der Waals surface area (Å²) in [6.07, 6.45) is 1.74. The zero-order chi connectivity index (χ0) is 32.1. The Morgan fingerprint density at radius 2 is 1.47 bits per heavy atom. The lowest BCUT2D eigenvalue weighted by Gasteiger charge is -2.22. The van der Waals surface area contributed by atoms with Crippen LogP contribution in [0.2, 0.25) is 0 Å². The number of hydrogen-bond donors (Lipinski definition) is 5. The highest BCUT2D eigenvalue weighted by atomic mass is 35.6. The highest BCUT2D eigenvalue weighted by Crippen LogP contribution is 2.25. The van der Waals surface area contributed by atoms with E-state index >= 15 is 0 Å². The molecule has 1 atom stereocenters. The van der Waals surface area contributed by atoms with Crippen LogP contribution in [-0.4, -0.2) is 84.0 Å². The molecular formula is C27H41Cl3N6O7. The molecule has 0 aliphatic carbocycles. The number of amides is 5. The van der Waals surface area contributed by atoms with Gasteiger partial charge in [-0.15, -0.1) is 0 Å². The van der Waals surface area contributed by atoms with Crippen molar-refractivity contribution in [2.24, 2.45) is 11.5 Å². The Hall–Kier alpha value is -3.00. The number of ether oxygens (including phenoxy) is 2. The number of hydrogen-bond acceptors (Lipinski definition) is 8. The molecule has 0 unspecified atom stereocenters. The minimum absolute atomic E-state index is 0.0792. The number of alkyl halides is 3. The minimum atomic E-state index is -1.70. The third kappa shape index (κ3) is 20.5. The number of primary amides is 1. The summed E-state index contributed by atoms with van der Waals surface area (Å²) in [7, 11) is 0. The topological polar surface area (TPSA) is 195 Å². The van der Waals surface area contributed by atoms with Crippen molar-refractivity contribution < 1.29 is 33.4 Å². The number of rotatable bonds is 20. The quantitative estimate of drug-likeness (QED) is 0.103. The lowest BCUT2D eigenvalue weighted by Crippen LogP contribution is -2.43. The van der Waals surface area contributed by atoms with Crippen LogP contribution >= 0.6 is 34.8 Å². The number of nitrogens with zero attached hydrogens (tertiary/aromatic N) is 1. The van der Waals surface area contributed by atoms with Crippen LogP contribution in [-0.2, 0) is 30.5 Å². The number of carbonyl (C=O) groups excluding carboxylic acids is 5. The summed E-state index contributed by atoms with van der Waals surface area (Å²) < 4.78 is 8.52. The van der Waals surface area contributed by atoms with E-state index in [1.54, 1.807) is 0 Å². The van der Waals surface area contributed by atoms with Crippen LogP contribution in [0.5, 0.6) is 0 Å². The molecular weight excluding hydrogens is 627 g/mol. The smallest absolute Gasteiger partial charge is 0.410 e. The second-order valence-electron chi connectivity index (χ2n) is 9.58. The molecule has 0 aromatic heterocycles. The summed E-state index contributed by atoms with van der Waals surface area (Å²) in [6.45, 7) is 1.26. The SMILES string of the molecule is NC(=O)C[C@H](N)C(=O)NCCCCCNC(=O)CCN(CCCCNC(=O)OCC(Cl)(Cl)Cl)C(=O)OCc1ccccc1. The molecule has 5 amide bonds. The predicted octanol–water partition coefficient (Wildman–Crippen LogP) is 2.50. The third-order valence-corrected chi connectivity index (χ3v) is 6.12. The molecule has 0 aliphatic heterocycles. The number of nitrogens with two attached hydrogens (primary N) is 2. The van der Waals surface area contributed by atoms with E-state index in [1.165, 1.54) is 4.90 Å². The zero-order valence-electron chi connectivity index (χ0n) is 24.0. The van der Waals surface area contributed by atoms with Gasteiger partial charge < -0.3 is 41.8 Å². The largest absolute Gasteiger partial charge is 0.445 e. The molecule has 0 heterocycles. The van der Waals surface area contributed by atoms with E-state index in [0.717, 1.165) is 12.0 Å². The molecule has 1 rings (SSSR count). The molecule has 0 radical (unpaired) electrons. The van der Waals surface area contributed by atoms with Crippen LogP contribution in [0.4, 0.5) is 9.59 Å². The fraction of sp³-hybridized carbons (Fsp3) is 0.593. The lowest BCUT2D eigenvalue weighted by molar-refractivity contribution is -0.126. The predicted molar refractivity (Wildman–Crippen MR) is 163 cm³/mol. The van der Waals surface area contributed by atoms with Gasteiger partial charge in [-0.25, -0.2) is 9.59 Å². The maximum atomic E-state index is 12.8. The summed E-state index contributed by atoms with van der Waals surface area (Å²) >= 11 is 16.6. The first kappa shape index (κ1) is 38.0. The van der Waals surface area contributed by atoms with E-state index in [4.69, 9.17) is 55.7 Å². The lowest BCUT2D eigenvalue weighted by atomic mass is 10.2. The average Bonchev–Trinajstić information content (AvgIpc) is 2.95. The molecule has 0 saturated carbocycles. The number of benzene rings is 1. The average molecular weight is 668 g/mol. The number of carbonyl (C=O) groups is 5. The van der Waals surface area contributed by atoms with Gasteiger partial charge in [0.25, 0.3) is 0 Å². The molecule has 0 bridgehead atoms. The number of alkyl carbamates (subject to hydrolysis) is 1. The molecule has 242 valence electrons. The fourth-order valence-corrected chi connectivity index (χ4v) is 3.72. The molecule has 13 nitrogen and oxygen atoms in total. The monoisotopic (exact) mass is 666 g/mol. The normalized spacial score (nSPS) is 11.6. The first-order chi connectivity index (χ1) is 20.4. The van der Waals surface area contributed by atoms with Crippen molar-refractivity contribution in [2.75, 3.05) is 39.3 Å². The van der Waals surface area contributed by atoms with E-state index in [1.807, 2.05) is 30.3 Å². The van der Waals surface area contributed by atoms with Gasteiger partial charge in [0.2, 0.25) is 21.5 Å². The molecule has 0 aliphatic rings. The van der Waals surface area contributed by atoms with Gasteiger partial charge in [0, 0.05) is 39.1 Å². The van der Waals surface area contributed by atoms with Crippen molar-refractivity contribution in [1.82, 2.24) is 20.9 Å². The van der Waals surface area contributed by atoms with Gasteiger partial charge in [-0.2, -0.15) is 0 Å². The van der Waals surface area contributed by atoms with E-state index in [0.29, 0.717) is 45.3 Å². The van der Waals surface area contributed by atoms with Crippen molar-refractivity contribution in [2.45, 2.75) is 61.4 Å². The van der Waals surface area contributed by atoms with Gasteiger partial charge in [0.05, 0.1) is 12.5 Å². The Labute approximate surface area is 266 Å². The van der Waals surface area contributed by atoms with Crippen molar-refractivity contribution in [3.63, 3.8) is 0 Å². The Morgan fingerprint density at radius 1 is 0.837 bits per heavy atom. The molecule has 0 fully saturated rings. The maximum absolute atomic E-state index is 12.8. The van der Waals surface area contributed by atoms with Gasteiger partial charge in [0.1, 0.15) is 13.2 Å². The van der Waals surface area contributed by atoms with Crippen LogP contribution in [0.3, 0.4) is 0 Å². The molecule has 0 spiro atoms. The Bertz CT molecular complexity index is 1010. The molecule has 7 N–H and O–H groups in total. The fourth-order valence-electron chi connectivity index (χ4n) is 3.55. The van der Waals surface area contributed by atoms with Crippen LogP contribution in [0.15, 0.2) is 30.3 Å². The highest BCUT2D eigenvalue weighted by Gasteiger charge is 2.22. The maximum Gasteiger partial charge on any atom is 0.410 e. The van der Waals surface area contributed by atoms with Crippen LogP contribution in [0.1, 0.15) is 50.5 Å². The van der Waals surface area contributed by atoms with Gasteiger partial charge >= 0.3 is 12.2 Å². The molecule has 0 saturated heterocycles. The van der Waals surface area contributed by atoms with Gasteiger partial charge in [0.15, 0.2) is 0 Å². The standard InChI is InChI=1S/C27H41Cl3N6O7/c28-27(29,30)19-43-25(40)35-14-7-8-15-36(26(41)42-18-20-9-3-1-4-10-20)16-11-23(38)33-12-5-2-6-13-34-24(39)21(31)17-22(32)37/h1,3-4,9-10,21H,2,5-8,11-19,31H2,(H2,32,37)(H,33,38)(H,34,39)(H,35,40)/t21-/m0/s1. The minimum Gasteiger partial charge on any atom is -0.445 e. The van der Waals surface area contributed by atoms with Gasteiger partial charge in [-0.05, 0) is 37.7 Å². The van der Waals surface area contributed by atoms with E-state index in [9.17, 15) is 24.0 Å². The molecule has 16 heteroatoms. The van der Waals surface area contributed by atoms with E-state index < -0.39 is 33.8 Å². The molecule has 1 aromatic carbocycles. The van der Waals surface area contributed by atoms with E-state index in [2.05, 4.69) is 16.0 Å². The van der Waals surface area contributed by atoms with Crippen LogP contribution in [0, 0.1) is 0 Å². The van der Waals surface area contributed by atoms with Gasteiger partial charge in [-0.3, -0.25) is 14.4 Å². The second kappa shape index (κ2) is 21.7. The summed E-state index contributed by atoms with van der Waals surface area (Å²) in [6, 6.07) is 8.26. The number of unbranched alkanes of at least 4 members (excludes halogenated alkanes) is 3. The van der Waals surface area contributed by atoms with Crippen molar-refractivity contribution in [3.8, 4) is 0 Å². The summed E-state index contributed by atoms with van der Waals surface area (Å²) in [5.74, 6) is -1.29. The highest BCUT2D eigenvalue weighted by molar-refractivity contribution is 6.67. The Kier molecular flexibility index (Phi) is 19.1. The van der Waals surface area contributed by atoms with Crippen molar-refractivity contribution in [3.05, 3.63) is 35.9 Å². The Morgan fingerprint density at radius 3 is 2.12 bits per heavy atom. The first-order valence-corrected chi connectivity index (χ1v) is 15.0. The molecule has 43 heavy (non-hydrogen) atoms. The second-order valence-corrected chi connectivity index (χ2v) is 12.1. The van der Waals surface area contributed by atoms with Crippen molar-refractivity contribution in [1.29, 1.82) is 0 Å². The van der Waals surface area contributed by atoms with E-state index in [-0.39, 0.29) is 45.1 Å². The third-order valence-electron chi connectivity index (χ3n) is 5.80.